The second kappa shape index (κ2) is 11.8. The van der Waals surface area contributed by atoms with Crippen molar-refractivity contribution < 1.29 is 9.59 Å². The van der Waals surface area contributed by atoms with Crippen molar-refractivity contribution in [2.24, 2.45) is 23.5 Å². The smallest absolute Gasteiger partial charge is 0.224 e. The number of nitrogens with one attached hydrogen (secondary N) is 1. The van der Waals surface area contributed by atoms with E-state index in [4.69, 9.17) is 10.7 Å². The lowest BCUT2D eigenvalue weighted by Crippen LogP contribution is -2.28. The van der Waals surface area contributed by atoms with Crippen LogP contribution < -0.4 is 11.1 Å². The van der Waals surface area contributed by atoms with E-state index in [1.165, 1.54) is 6.42 Å². The predicted molar refractivity (Wildman–Crippen MR) is 158 cm³/mol. The quantitative estimate of drug-likeness (QED) is 0.304. The highest BCUT2D eigenvalue weighted by Crippen LogP contribution is 2.37. The number of carbonyl (C=O) groups excluding carboxylic acids is 2. The van der Waals surface area contributed by atoms with Gasteiger partial charge in [-0.3, -0.25) is 14.6 Å². The molecule has 2 fully saturated rings. The summed E-state index contributed by atoms with van der Waals surface area (Å²) < 4.78 is 0. The van der Waals surface area contributed by atoms with E-state index in [9.17, 15) is 9.59 Å². The minimum Gasteiger partial charge on any atom is -0.325 e. The summed E-state index contributed by atoms with van der Waals surface area (Å²) in [5, 5.41) is 3.11. The van der Waals surface area contributed by atoms with Gasteiger partial charge < -0.3 is 11.1 Å². The summed E-state index contributed by atoms with van der Waals surface area (Å²) in [7, 11) is 0. The summed E-state index contributed by atoms with van der Waals surface area (Å²) in [6, 6.07) is 20.4. The second-order valence-electron chi connectivity index (χ2n) is 12.2. The van der Waals surface area contributed by atoms with Crippen molar-refractivity contribution >= 4 is 17.4 Å². The Morgan fingerprint density at radius 2 is 1.51 bits per heavy atom. The van der Waals surface area contributed by atoms with Crippen molar-refractivity contribution in [3.05, 3.63) is 72.4 Å². The van der Waals surface area contributed by atoms with Gasteiger partial charge in [0.15, 0.2) is 0 Å². The summed E-state index contributed by atoms with van der Waals surface area (Å²) in [5.41, 5.74) is 11.5. The highest BCUT2D eigenvalue weighted by Gasteiger charge is 2.30. The molecule has 5 rings (SSSR count). The normalized spacial score (nSPS) is 19.8. The molecular formula is C34H41N3O2. The molecule has 2 aromatic carbocycles. The molecular weight excluding hydrogens is 482 g/mol. The van der Waals surface area contributed by atoms with Crippen molar-refractivity contribution in [1.29, 1.82) is 0 Å². The van der Waals surface area contributed by atoms with Crippen LogP contribution in [0, 0.1) is 17.8 Å². The third-order valence-electron chi connectivity index (χ3n) is 8.65. The number of nitrogens with two attached hydrogens (primary N) is 1. The zero-order chi connectivity index (χ0) is 27.4. The Kier molecular flexibility index (Phi) is 8.27. The number of nitrogens with zero attached hydrogens (tertiary/aromatic N) is 1. The van der Waals surface area contributed by atoms with Gasteiger partial charge in [0, 0.05) is 35.4 Å². The van der Waals surface area contributed by atoms with Crippen LogP contribution in [0.25, 0.3) is 22.4 Å². The third-order valence-corrected chi connectivity index (χ3v) is 8.65. The minimum atomic E-state index is -0.408. The van der Waals surface area contributed by atoms with Crippen LogP contribution in [0.4, 0.5) is 5.69 Å². The average Bonchev–Trinajstić information content (AvgIpc) is 2.89. The maximum Gasteiger partial charge on any atom is 0.224 e. The zero-order valence-electron chi connectivity index (χ0n) is 23.3. The lowest BCUT2D eigenvalue weighted by molar-refractivity contribution is -0.126. The number of anilines is 1. The maximum absolute atomic E-state index is 13.0. The molecule has 0 spiro atoms. The number of ketones is 1. The maximum atomic E-state index is 13.0. The summed E-state index contributed by atoms with van der Waals surface area (Å²) in [5.74, 6) is 1.74. The predicted octanol–water partition coefficient (Wildman–Crippen LogP) is 7.50. The molecule has 0 bridgehead atoms. The third kappa shape index (κ3) is 6.83. The molecule has 0 aliphatic heterocycles. The van der Waals surface area contributed by atoms with Crippen LogP contribution in [-0.2, 0) is 15.1 Å². The Hall–Kier alpha value is -3.31. The van der Waals surface area contributed by atoms with E-state index in [-0.39, 0.29) is 5.91 Å². The first-order valence-electron chi connectivity index (χ1n) is 14.5. The Morgan fingerprint density at radius 3 is 2.10 bits per heavy atom. The van der Waals surface area contributed by atoms with Crippen molar-refractivity contribution in [3.63, 3.8) is 0 Å². The Labute approximate surface area is 232 Å². The molecule has 0 unspecified atom stereocenters. The summed E-state index contributed by atoms with van der Waals surface area (Å²) in [4.78, 5) is 30.2. The summed E-state index contributed by atoms with van der Waals surface area (Å²) in [6.07, 6.45) is 10.6. The van der Waals surface area contributed by atoms with Gasteiger partial charge in [-0.1, -0.05) is 61.0 Å². The Bertz CT molecular complexity index is 1280. The molecule has 1 amide bonds. The Morgan fingerprint density at radius 1 is 0.872 bits per heavy atom. The second-order valence-corrected chi connectivity index (χ2v) is 12.2. The van der Waals surface area contributed by atoms with E-state index in [1.54, 1.807) is 6.20 Å². The lowest BCUT2D eigenvalue weighted by atomic mass is 9.74. The molecule has 1 aromatic heterocycles. The molecule has 0 saturated heterocycles. The van der Waals surface area contributed by atoms with Gasteiger partial charge in [-0.05, 0) is 81.4 Å². The largest absolute Gasteiger partial charge is 0.325 e. The van der Waals surface area contributed by atoms with Gasteiger partial charge in [0.25, 0.3) is 0 Å². The SMILES string of the molecule is CC(C)(N)c1ccc(-c2ncc(NC(=O)CC3CCC(CC(=O)C4CCC4)CC3)cc2-c2ccccc2)cc1. The van der Waals surface area contributed by atoms with Crippen LogP contribution >= 0.6 is 0 Å². The first kappa shape index (κ1) is 27.3. The summed E-state index contributed by atoms with van der Waals surface area (Å²) in [6.45, 7) is 3.99. The molecule has 5 heteroatoms. The Balaban J connectivity index is 1.24. The van der Waals surface area contributed by atoms with Gasteiger partial charge in [0.1, 0.15) is 5.78 Å². The van der Waals surface area contributed by atoms with Gasteiger partial charge in [-0.2, -0.15) is 0 Å². The van der Waals surface area contributed by atoms with Crippen molar-refractivity contribution in [1.82, 2.24) is 4.98 Å². The molecule has 2 saturated carbocycles. The number of carbonyl (C=O) groups is 2. The molecule has 204 valence electrons. The molecule has 5 nitrogen and oxygen atoms in total. The molecule has 0 atom stereocenters. The highest BCUT2D eigenvalue weighted by atomic mass is 16.1. The fourth-order valence-corrected chi connectivity index (χ4v) is 5.95. The fraction of sp³-hybridized carbons (Fsp3) is 0.441. The van der Waals surface area contributed by atoms with Gasteiger partial charge in [0.2, 0.25) is 5.91 Å². The lowest BCUT2D eigenvalue weighted by Gasteiger charge is -2.30. The van der Waals surface area contributed by atoms with Crippen molar-refractivity contribution in [2.45, 2.75) is 77.2 Å². The van der Waals surface area contributed by atoms with Crippen LogP contribution in [0.1, 0.15) is 77.2 Å². The molecule has 0 radical (unpaired) electrons. The number of rotatable bonds is 9. The number of pyridine rings is 1. The van der Waals surface area contributed by atoms with Gasteiger partial charge in [-0.25, -0.2) is 0 Å². The monoisotopic (exact) mass is 523 g/mol. The van der Waals surface area contributed by atoms with E-state index in [0.717, 1.165) is 72.9 Å². The van der Waals surface area contributed by atoms with Gasteiger partial charge in [0.05, 0.1) is 17.6 Å². The minimum absolute atomic E-state index is 0.0343. The van der Waals surface area contributed by atoms with E-state index in [2.05, 4.69) is 41.7 Å². The van der Waals surface area contributed by atoms with Crippen molar-refractivity contribution in [2.75, 3.05) is 5.32 Å². The average molecular weight is 524 g/mol. The standard InChI is InChI=1S/C34H41N3O2/c1-34(2,35)28-17-15-27(16-18-28)33-30(25-7-4-3-5-8-25)21-29(22-36-33)37-32(39)20-24-13-11-23(12-14-24)19-31(38)26-9-6-10-26/h3-5,7-8,15-18,21-24,26H,6,9-14,19-20,35H2,1-2H3,(H,37,39). The fourth-order valence-electron chi connectivity index (χ4n) is 5.95. The number of hydrogen-bond acceptors (Lipinski definition) is 4. The number of hydrogen-bond donors (Lipinski definition) is 2. The molecule has 2 aliphatic rings. The molecule has 39 heavy (non-hydrogen) atoms. The van der Waals surface area contributed by atoms with E-state index in [1.807, 2.05) is 38.1 Å². The molecule has 3 aromatic rings. The molecule has 1 heterocycles. The van der Waals surface area contributed by atoms with Crippen LogP contribution in [0.15, 0.2) is 66.9 Å². The van der Waals surface area contributed by atoms with Crippen LogP contribution in [0.2, 0.25) is 0 Å². The zero-order valence-corrected chi connectivity index (χ0v) is 23.3. The van der Waals surface area contributed by atoms with Crippen LogP contribution in [0.5, 0.6) is 0 Å². The number of benzene rings is 2. The van der Waals surface area contributed by atoms with Crippen LogP contribution in [-0.4, -0.2) is 16.7 Å². The molecule has 3 N–H and O–H groups in total. The van der Waals surface area contributed by atoms with E-state index < -0.39 is 5.54 Å². The number of Topliss-reactive ketones (excluding diaryl/α,β-unsaturated/α-hetero) is 1. The summed E-state index contributed by atoms with van der Waals surface area (Å²) >= 11 is 0. The van der Waals surface area contributed by atoms with Gasteiger partial charge in [-0.15, -0.1) is 0 Å². The number of aromatic nitrogens is 1. The number of amides is 1. The van der Waals surface area contributed by atoms with E-state index >= 15 is 0 Å². The molecule has 2 aliphatic carbocycles. The van der Waals surface area contributed by atoms with Gasteiger partial charge >= 0.3 is 0 Å². The highest BCUT2D eigenvalue weighted by molar-refractivity contribution is 5.93. The first-order chi connectivity index (χ1) is 18.8. The first-order valence-corrected chi connectivity index (χ1v) is 14.5. The van der Waals surface area contributed by atoms with Crippen molar-refractivity contribution in [3.8, 4) is 22.4 Å². The topological polar surface area (TPSA) is 85.1 Å². The van der Waals surface area contributed by atoms with E-state index in [0.29, 0.717) is 35.6 Å². The van der Waals surface area contributed by atoms with Crippen LogP contribution in [0.3, 0.4) is 0 Å².